The monoisotopic (exact) mass is 495 g/mol. The van der Waals surface area contributed by atoms with Crippen LogP contribution in [0.25, 0.3) is 21.8 Å². The molecule has 1 atom stereocenters. The summed E-state index contributed by atoms with van der Waals surface area (Å²) in [6.07, 6.45) is 3.49. The van der Waals surface area contributed by atoms with Gasteiger partial charge in [-0.05, 0) is 34.1 Å². The molecule has 0 N–H and O–H groups in total. The summed E-state index contributed by atoms with van der Waals surface area (Å²) < 4.78 is 2.72. The van der Waals surface area contributed by atoms with Crippen LogP contribution in [0, 0.1) is 0 Å². The second-order valence-electron chi connectivity index (χ2n) is 9.97. The summed E-state index contributed by atoms with van der Waals surface area (Å²) in [7, 11) is -2.57. The van der Waals surface area contributed by atoms with Crippen LogP contribution < -0.4 is 15.6 Å². The highest BCUT2D eigenvalue weighted by atomic mass is 28.3. The zero-order chi connectivity index (χ0) is 25.1. The molecule has 0 bridgehead atoms. The van der Waals surface area contributed by atoms with Gasteiger partial charge < -0.3 is 4.57 Å². The molecule has 37 heavy (non-hydrogen) atoms. The van der Waals surface area contributed by atoms with Gasteiger partial charge in [-0.1, -0.05) is 147 Å². The van der Waals surface area contributed by atoms with Gasteiger partial charge >= 0.3 is 0 Å². The first kappa shape index (κ1) is 23.5. The lowest BCUT2D eigenvalue weighted by Gasteiger charge is -2.42. The molecule has 5 aromatic carbocycles. The molecule has 0 spiro atoms. The zero-order valence-electron chi connectivity index (χ0n) is 21.4. The van der Waals surface area contributed by atoms with Crippen molar-refractivity contribution in [3.05, 3.63) is 140 Å². The van der Waals surface area contributed by atoms with E-state index in [0.29, 0.717) is 5.67 Å². The van der Waals surface area contributed by atoms with E-state index in [9.17, 15) is 0 Å². The smallest absolute Gasteiger partial charge is 0.171 e. The number of fused-ring (bicyclic) bond motifs is 3. The Morgan fingerprint density at radius 2 is 0.892 bits per heavy atom. The minimum Gasteiger partial charge on any atom is -0.339 e. The highest BCUT2D eigenvalue weighted by molar-refractivity contribution is 7.12. The number of para-hydroxylation sites is 2. The minimum absolute atomic E-state index is 0.310. The molecule has 1 aromatic heterocycles. The van der Waals surface area contributed by atoms with Crippen LogP contribution in [0.1, 0.15) is 31.9 Å². The highest BCUT2D eigenvalue weighted by Gasteiger charge is 2.47. The highest BCUT2D eigenvalue weighted by Crippen LogP contribution is 2.37. The zero-order valence-corrected chi connectivity index (χ0v) is 22.4. The van der Waals surface area contributed by atoms with Crippen LogP contribution in [0.15, 0.2) is 140 Å². The maximum absolute atomic E-state index is 2.72. The largest absolute Gasteiger partial charge is 0.339 e. The Labute approximate surface area is 221 Å². The Kier molecular flexibility index (Phi) is 6.50. The van der Waals surface area contributed by atoms with E-state index in [1.807, 2.05) is 0 Å². The fourth-order valence-electron chi connectivity index (χ4n) is 6.41. The van der Waals surface area contributed by atoms with Gasteiger partial charge in [-0.2, -0.15) is 0 Å². The number of nitrogens with zero attached hydrogens (tertiary/aromatic N) is 1. The third-order valence-electron chi connectivity index (χ3n) is 7.95. The van der Waals surface area contributed by atoms with Crippen molar-refractivity contribution in [2.24, 2.45) is 0 Å². The van der Waals surface area contributed by atoms with Crippen molar-refractivity contribution < 1.29 is 0 Å². The molecule has 1 unspecified atom stereocenters. The van der Waals surface area contributed by atoms with Crippen molar-refractivity contribution in [2.75, 3.05) is 0 Å². The first-order valence-electron chi connectivity index (χ1n) is 13.5. The van der Waals surface area contributed by atoms with Gasteiger partial charge in [-0.25, -0.2) is 0 Å². The molecule has 0 radical (unpaired) electrons. The number of hydrogen-bond donors (Lipinski definition) is 0. The number of rotatable bonds is 8. The van der Waals surface area contributed by atoms with Gasteiger partial charge in [0.05, 0.1) is 0 Å². The number of hydrogen-bond acceptors (Lipinski definition) is 0. The molecule has 6 rings (SSSR count). The van der Waals surface area contributed by atoms with E-state index in [2.05, 4.69) is 151 Å². The third kappa shape index (κ3) is 3.93. The molecule has 0 amide bonds. The van der Waals surface area contributed by atoms with Crippen LogP contribution in [0.3, 0.4) is 0 Å². The van der Waals surface area contributed by atoms with Gasteiger partial charge in [-0.15, -0.1) is 0 Å². The van der Waals surface area contributed by atoms with Crippen LogP contribution in [-0.2, 0) is 0 Å². The maximum Gasteiger partial charge on any atom is 0.171 e. The molecule has 0 saturated heterocycles. The number of benzene rings is 5. The second kappa shape index (κ2) is 10.2. The van der Waals surface area contributed by atoms with E-state index in [4.69, 9.17) is 0 Å². The van der Waals surface area contributed by atoms with Gasteiger partial charge in [0, 0.05) is 27.5 Å². The molecule has 0 aliphatic carbocycles. The Balaban J connectivity index is 1.79. The molecule has 0 fully saturated rings. The van der Waals surface area contributed by atoms with Gasteiger partial charge in [0.15, 0.2) is 8.07 Å². The Morgan fingerprint density at radius 1 is 0.514 bits per heavy atom. The van der Waals surface area contributed by atoms with Crippen LogP contribution in [0.5, 0.6) is 0 Å². The van der Waals surface area contributed by atoms with E-state index in [1.54, 1.807) is 0 Å². The number of unbranched alkanes of at least 4 members (excludes halogenated alkanes) is 1. The summed E-state index contributed by atoms with van der Waals surface area (Å²) in [5.74, 6) is 0. The van der Waals surface area contributed by atoms with Gasteiger partial charge in [0.25, 0.3) is 0 Å². The average Bonchev–Trinajstić information content (AvgIpc) is 3.31. The molecule has 0 saturated carbocycles. The molecular formula is C35H33NSi. The molecule has 0 aliphatic heterocycles. The molecule has 0 aliphatic rings. The SMILES string of the molecule is CCCCC(n1c2ccccc2c2ccccc21)[Si](c1ccccc1)(c1ccccc1)c1ccccc1. The lowest BCUT2D eigenvalue weighted by Crippen LogP contribution is -2.72. The summed E-state index contributed by atoms with van der Waals surface area (Å²) in [5.41, 5.74) is 2.98. The van der Waals surface area contributed by atoms with Crippen molar-refractivity contribution in [1.29, 1.82) is 0 Å². The first-order valence-corrected chi connectivity index (χ1v) is 15.6. The summed E-state index contributed by atoms with van der Waals surface area (Å²) in [6.45, 7) is 2.32. The van der Waals surface area contributed by atoms with E-state index in [0.717, 1.165) is 6.42 Å². The molecule has 182 valence electrons. The molecular weight excluding hydrogens is 462 g/mol. The molecule has 1 nitrogen and oxygen atoms in total. The summed E-state index contributed by atoms with van der Waals surface area (Å²) >= 11 is 0. The van der Waals surface area contributed by atoms with E-state index < -0.39 is 8.07 Å². The third-order valence-corrected chi connectivity index (χ3v) is 13.2. The Bertz CT molecular complexity index is 1450. The van der Waals surface area contributed by atoms with Crippen LogP contribution in [-0.4, -0.2) is 12.6 Å². The van der Waals surface area contributed by atoms with Crippen LogP contribution >= 0.6 is 0 Å². The topological polar surface area (TPSA) is 4.93 Å². The summed E-state index contributed by atoms with van der Waals surface area (Å²) in [6, 6.07) is 52.1. The van der Waals surface area contributed by atoms with Gasteiger partial charge in [0.1, 0.15) is 0 Å². The van der Waals surface area contributed by atoms with Crippen LogP contribution in [0.4, 0.5) is 0 Å². The van der Waals surface area contributed by atoms with Gasteiger partial charge in [-0.3, -0.25) is 0 Å². The predicted octanol–water partition coefficient (Wildman–Crippen LogP) is 7.24. The predicted molar refractivity (Wildman–Crippen MR) is 162 cm³/mol. The van der Waals surface area contributed by atoms with E-state index in [1.165, 1.54) is 50.2 Å². The van der Waals surface area contributed by atoms with Crippen LogP contribution in [0.2, 0.25) is 0 Å². The summed E-state index contributed by atoms with van der Waals surface area (Å²) in [5, 5.41) is 7.09. The lowest BCUT2D eigenvalue weighted by atomic mass is 10.2. The fraction of sp³-hybridized carbons (Fsp3) is 0.143. The molecule has 6 aromatic rings. The summed E-state index contributed by atoms with van der Waals surface area (Å²) in [4.78, 5) is 0. The van der Waals surface area contributed by atoms with Crippen molar-refractivity contribution in [3.63, 3.8) is 0 Å². The van der Waals surface area contributed by atoms with Crippen molar-refractivity contribution >= 4 is 45.4 Å². The van der Waals surface area contributed by atoms with E-state index >= 15 is 0 Å². The Hall–Kier alpha value is -3.88. The minimum atomic E-state index is -2.57. The van der Waals surface area contributed by atoms with E-state index in [-0.39, 0.29) is 0 Å². The molecule has 2 heteroatoms. The van der Waals surface area contributed by atoms with Crippen molar-refractivity contribution in [2.45, 2.75) is 31.9 Å². The normalized spacial score (nSPS) is 12.7. The van der Waals surface area contributed by atoms with Crippen molar-refractivity contribution in [1.82, 2.24) is 4.57 Å². The standard InChI is InChI=1S/C35H33NSi/c1-2-3-27-35(36-33-25-15-13-23-31(33)32-24-14-16-26-34(32)36)37(28-17-7-4-8-18-28,29-19-9-5-10-20-29)30-21-11-6-12-22-30/h4-26,35H,2-3,27H2,1H3. The maximum atomic E-state index is 2.72. The van der Waals surface area contributed by atoms with Gasteiger partial charge in [0.2, 0.25) is 0 Å². The fourth-order valence-corrected chi connectivity index (χ4v) is 12.0. The lowest BCUT2D eigenvalue weighted by molar-refractivity contribution is 0.590. The number of aromatic nitrogens is 1. The molecule has 1 heterocycles. The average molecular weight is 496 g/mol. The Morgan fingerprint density at radius 3 is 1.30 bits per heavy atom. The first-order chi connectivity index (χ1) is 18.4. The quantitative estimate of drug-likeness (QED) is 0.155. The second-order valence-corrected chi connectivity index (χ2v) is 14.0. The van der Waals surface area contributed by atoms with Crippen molar-refractivity contribution in [3.8, 4) is 0 Å².